The van der Waals surface area contributed by atoms with E-state index in [9.17, 15) is 0 Å². The topological polar surface area (TPSA) is 69.9 Å². The Bertz CT molecular complexity index is 4050. The van der Waals surface area contributed by atoms with Crippen molar-refractivity contribution in [2.24, 2.45) is 0 Å². The summed E-state index contributed by atoms with van der Waals surface area (Å²) in [6, 6.07) is 76.4. The fraction of sp³-hybridized carbons (Fsp3) is 0. The Labute approximate surface area is 383 Å². The van der Waals surface area contributed by atoms with Crippen molar-refractivity contribution in [1.82, 2.24) is 19.5 Å². The van der Waals surface area contributed by atoms with Gasteiger partial charge in [0, 0.05) is 54.4 Å². The maximum absolute atomic E-state index is 6.37. The molecule has 4 aromatic heterocycles. The molecule has 4 heterocycles. The Balaban J connectivity index is 1.02. The van der Waals surface area contributed by atoms with E-state index in [0.717, 1.165) is 121 Å². The molecular formula is C61H36N4O2. The van der Waals surface area contributed by atoms with Crippen LogP contribution in [0.1, 0.15) is 0 Å². The van der Waals surface area contributed by atoms with E-state index < -0.39 is 0 Å². The third-order valence-corrected chi connectivity index (χ3v) is 13.3. The Morgan fingerprint density at radius 1 is 0.284 bits per heavy atom. The van der Waals surface area contributed by atoms with Gasteiger partial charge in [0.05, 0.1) is 16.7 Å². The molecule has 0 spiro atoms. The van der Waals surface area contributed by atoms with Crippen molar-refractivity contribution in [2.75, 3.05) is 0 Å². The van der Waals surface area contributed by atoms with Gasteiger partial charge in [-0.05, 0) is 88.3 Å². The predicted molar refractivity (Wildman–Crippen MR) is 273 cm³/mol. The van der Waals surface area contributed by atoms with Crippen LogP contribution >= 0.6 is 0 Å². The number of para-hydroxylation sites is 2. The van der Waals surface area contributed by atoms with Gasteiger partial charge in [-0.15, -0.1) is 0 Å². The lowest BCUT2D eigenvalue weighted by molar-refractivity contribution is 0.668. The van der Waals surface area contributed by atoms with Crippen molar-refractivity contribution >= 4 is 76.5 Å². The molecular weight excluding hydrogens is 821 g/mol. The lowest BCUT2D eigenvalue weighted by Crippen LogP contribution is -2.01. The summed E-state index contributed by atoms with van der Waals surface area (Å²) < 4.78 is 15.2. The van der Waals surface area contributed by atoms with Gasteiger partial charge in [-0.1, -0.05) is 158 Å². The van der Waals surface area contributed by atoms with E-state index in [0.29, 0.717) is 17.5 Å². The number of benzene rings is 10. The molecule has 14 aromatic rings. The highest BCUT2D eigenvalue weighted by atomic mass is 16.3. The highest BCUT2D eigenvalue weighted by molar-refractivity contribution is 6.18. The average Bonchev–Trinajstić information content (AvgIpc) is 4.08. The molecule has 0 aliphatic rings. The zero-order chi connectivity index (χ0) is 44.0. The molecule has 0 N–H and O–H groups in total. The molecule has 0 unspecified atom stereocenters. The van der Waals surface area contributed by atoms with Gasteiger partial charge < -0.3 is 13.4 Å². The fourth-order valence-electron chi connectivity index (χ4n) is 10.3. The summed E-state index contributed by atoms with van der Waals surface area (Å²) in [5.74, 6) is 1.88. The summed E-state index contributed by atoms with van der Waals surface area (Å²) in [6.07, 6.45) is 0. The molecule has 312 valence electrons. The molecule has 67 heavy (non-hydrogen) atoms. The van der Waals surface area contributed by atoms with Gasteiger partial charge in [-0.25, -0.2) is 15.0 Å². The first-order valence-corrected chi connectivity index (χ1v) is 22.5. The first-order chi connectivity index (χ1) is 33.2. The van der Waals surface area contributed by atoms with E-state index in [2.05, 4.69) is 138 Å². The third kappa shape index (κ3) is 5.86. The lowest BCUT2D eigenvalue weighted by Gasteiger charge is -2.15. The Kier molecular flexibility index (Phi) is 8.18. The van der Waals surface area contributed by atoms with E-state index in [1.807, 2.05) is 84.9 Å². The minimum Gasteiger partial charge on any atom is -0.456 e. The van der Waals surface area contributed by atoms with Gasteiger partial charge in [0.25, 0.3) is 0 Å². The van der Waals surface area contributed by atoms with Gasteiger partial charge in [0.1, 0.15) is 22.3 Å². The van der Waals surface area contributed by atoms with Crippen molar-refractivity contribution in [2.45, 2.75) is 0 Å². The van der Waals surface area contributed by atoms with Crippen molar-refractivity contribution in [1.29, 1.82) is 0 Å². The van der Waals surface area contributed by atoms with Crippen molar-refractivity contribution < 1.29 is 8.83 Å². The minimum absolute atomic E-state index is 0.619. The molecule has 0 fully saturated rings. The number of nitrogens with zero attached hydrogens (tertiary/aromatic N) is 4. The summed E-state index contributed by atoms with van der Waals surface area (Å²) in [7, 11) is 0. The Morgan fingerprint density at radius 3 is 1.27 bits per heavy atom. The van der Waals surface area contributed by atoms with Crippen LogP contribution in [0.3, 0.4) is 0 Å². The second-order valence-electron chi connectivity index (χ2n) is 17.1. The number of hydrogen-bond acceptors (Lipinski definition) is 5. The minimum atomic E-state index is 0.619. The zero-order valence-corrected chi connectivity index (χ0v) is 35.9. The molecule has 0 aliphatic carbocycles. The van der Waals surface area contributed by atoms with E-state index in [4.69, 9.17) is 23.8 Å². The smallest absolute Gasteiger partial charge is 0.164 e. The monoisotopic (exact) mass is 856 g/mol. The molecule has 6 nitrogen and oxygen atoms in total. The highest BCUT2D eigenvalue weighted by Crippen LogP contribution is 2.44. The number of rotatable bonds is 6. The molecule has 0 saturated carbocycles. The summed E-state index contributed by atoms with van der Waals surface area (Å²) in [5.41, 5.74) is 14.1. The van der Waals surface area contributed by atoms with Gasteiger partial charge >= 0.3 is 0 Å². The lowest BCUT2D eigenvalue weighted by atomic mass is 9.96. The molecule has 0 aliphatic heterocycles. The second kappa shape index (κ2) is 14.7. The van der Waals surface area contributed by atoms with Crippen LogP contribution in [0.5, 0.6) is 0 Å². The van der Waals surface area contributed by atoms with Crippen LogP contribution in [0.15, 0.2) is 227 Å². The number of furan rings is 2. The molecule has 14 rings (SSSR count). The van der Waals surface area contributed by atoms with Crippen LogP contribution in [-0.4, -0.2) is 19.5 Å². The molecule has 0 atom stereocenters. The summed E-state index contributed by atoms with van der Waals surface area (Å²) >= 11 is 0. The number of hydrogen-bond donors (Lipinski definition) is 0. The molecule has 6 heteroatoms. The van der Waals surface area contributed by atoms with Crippen LogP contribution in [-0.2, 0) is 0 Å². The Hall–Kier alpha value is -9.13. The first-order valence-electron chi connectivity index (χ1n) is 22.5. The Morgan fingerprint density at radius 2 is 0.731 bits per heavy atom. The normalized spacial score (nSPS) is 11.9. The predicted octanol–water partition coefficient (Wildman–Crippen LogP) is 16.3. The average molecular weight is 857 g/mol. The summed E-state index contributed by atoms with van der Waals surface area (Å²) in [6.45, 7) is 0. The molecule has 0 radical (unpaired) electrons. The maximum Gasteiger partial charge on any atom is 0.164 e. The molecule has 10 aromatic carbocycles. The van der Waals surface area contributed by atoms with Crippen LogP contribution in [0.4, 0.5) is 0 Å². The molecule has 0 bridgehead atoms. The SMILES string of the molecule is c1ccc(-c2nc(-c3ccccc3)nc(-c3ccc(-n4c5ccc(-c6cccc7oc8ccccc8c67)cc5c5cc(-c6cccc7oc8ccccc8c67)ccc54)c4ccccc34)n2)cc1. The number of aromatic nitrogens is 4. The quantitative estimate of drug-likeness (QED) is 0.167. The number of fused-ring (bicyclic) bond motifs is 10. The molecule has 0 saturated heterocycles. The van der Waals surface area contributed by atoms with Gasteiger partial charge in [-0.2, -0.15) is 0 Å². The zero-order valence-electron chi connectivity index (χ0n) is 35.9. The highest BCUT2D eigenvalue weighted by Gasteiger charge is 2.22. The van der Waals surface area contributed by atoms with Crippen molar-refractivity contribution in [3.63, 3.8) is 0 Å². The van der Waals surface area contributed by atoms with Gasteiger partial charge in [0.2, 0.25) is 0 Å². The van der Waals surface area contributed by atoms with E-state index in [-0.39, 0.29) is 0 Å². The fourth-order valence-corrected chi connectivity index (χ4v) is 10.3. The first kappa shape index (κ1) is 37.3. The summed E-state index contributed by atoms with van der Waals surface area (Å²) in [5, 5.41) is 8.87. The van der Waals surface area contributed by atoms with Crippen LogP contribution in [0.2, 0.25) is 0 Å². The van der Waals surface area contributed by atoms with Gasteiger partial charge in [0.15, 0.2) is 17.5 Å². The maximum atomic E-state index is 6.37. The summed E-state index contributed by atoms with van der Waals surface area (Å²) in [4.78, 5) is 15.3. The van der Waals surface area contributed by atoms with Crippen LogP contribution in [0, 0.1) is 0 Å². The van der Waals surface area contributed by atoms with E-state index in [1.165, 1.54) is 0 Å². The van der Waals surface area contributed by atoms with Crippen molar-refractivity contribution in [3.8, 4) is 62.1 Å². The van der Waals surface area contributed by atoms with E-state index >= 15 is 0 Å². The van der Waals surface area contributed by atoms with Crippen LogP contribution in [0.25, 0.3) is 139 Å². The molecule has 0 amide bonds. The standard InChI is InChI=1S/C61H36N4O2/c1-3-15-37(16-4-1)59-62-60(38-17-5-2-6-18-38)64-61(63-59)45-31-34-50(44-20-8-7-19-43(44)45)65-51-32-29-39(41-23-13-27-55-57(41)46-21-9-11-25-53(46)66-55)35-48(51)49-36-40(30-33-52(49)65)42-24-14-28-56-58(42)47-22-10-12-26-54(47)67-56/h1-36H. The van der Waals surface area contributed by atoms with Crippen molar-refractivity contribution in [3.05, 3.63) is 218 Å². The van der Waals surface area contributed by atoms with Gasteiger partial charge in [-0.3, -0.25) is 0 Å². The third-order valence-electron chi connectivity index (χ3n) is 13.3. The van der Waals surface area contributed by atoms with Crippen LogP contribution < -0.4 is 0 Å². The largest absolute Gasteiger partial charge is 0.456 e. The van der Waals surface area contributed by atoms with E-state index in [1.54, 1.807) is 0 Å². The second-order valence-corrected chi connectivity index (χ2v) is 17.1.